The number of benzene rings is 7. The van der Waals surface area contributed by atoms with Crippen LogP contribution in [0.4, 0.5) is 0 Å². The van der Waals surface area contributed by atoms with Gasteiger partial charge in [-0.3, -0.25) is 9.55 Å². The molecule has 1 N–H and O–H groups in total. The second-order valence-corrected chi connectivity index (χ2v) is 20.2. The van der Waals surface area contributed by atoms with Gasteiger partial charge in [-0.05, 0) is 140 Å². The van der Waals surface area contributed by atoms with Gasteiger partial charge in [0.25, 0.3) is 0 Å². The number of pyridine rings is 1. The minimum atomic E-state index is -2.98. The second-order valence-electron chi connectivity index (χ2n) is 20.2. The molecule has 2 heterocycles. The summed E-state index contributed by atoms with van der Waals surface area (Å²) >= 11 is 0. The van der Waals surface area contributed by atoms with Gasteiger partial charge in [0, 0.05) is 27.0 Å². The third kappa shape index (κ3) is 8.86. The van der Waals surface area contributed by atoms with Crippen LogP contribution in [0, 0.1) is 6.85 Å². The molecule has 0 aliphatic heterocycles. The lowest BCUT2D eigenvalue weighted by Crippen LogP contribution is -2.17. The van der Waals surface area contributed by atoms with E-state index in [1.165, 1.54) is 0 Å². The molecule has 0 radical (unpaired) electrons. The molecule has 0 saturated carbocycles. The molecule has 0 bridgehead atoms. The average molecular weight is 888 g/mol. The maximum Gasteiger partial charge on any atom is 0.149 e. The highest BCUT2D eigenvalue weighted by atomic mass is 16.3. The van der Waals surface area contributed by atoms with E-state index in [9.17, 15) is 6.48 Å². The third-order valence-corrected chi connectivity index (χ3v) is 12.5. The Morgan fingerprint density at radius 1 is 0.567 bits per heavy atom. The zero-order chi connectivity index (χ0) is 56.0. The lowest BCUT2D eigenvalue weighted by atomic mass is 9.78. The Kier molecular flexibility index (Phi) is 9.03. The number of imidazole rings is 1. The van der Waals surface area contributed by atoms with E-state index in [0.29, 0.717) is 33.6 Å². The summed E-state index contributed by atoms with van der Waals surface area (Å²) in [6, 6.07) is 36.3. The van der Waals surface area contributed by atoms with Crippen LogP contribution in [0.15, 0.2) is 164 Å². The Bertz CT molecular complexity index is 3730. The minimum absolute atomic E-state index is 0.0510. The van der Waals surface area contributed by atoms with Crippen molar-refractivity contribution in [2.45, 2.75) is 98.8 Å². The van der Waals surface area contributed by atoms with Crippen molar-refractivity contribution in [3.8, 4) is 78.6 Å². The highest BCUT2D eigenvalue weighted by Gasteiger charge is 2.31. The molecule has 7 aromatic carbocycles. The SMILES string of the molecule is [2H]c1nc(-c2cc(-c3ccccc3)cc(-c3cccc4c3nc(-c3cc(C(C)(C)C)cc(C(C)(C)C)c3O)n4-c3c(C(C)C)cc(-c4ccccc4)cc3C(C)C)c2)c([2H])c(-c2c([2H])c([2H])c(C([2H])([2H])[2H])c([2H])c2[2H])c1[2H]. The largest absolute Gasteiger partial charge is 0.507 e. The molecule has 0 aliphatic carbocycles. The number of hydrogen-bond acceptors (Lipinski definition) is 3. The van der Waals surface area contributed by atoms with Crippen molar-refractivity contribution in [2.75, 3.05) is 0 Å². The maximum absolute atomic E-state index is 12.7. The third-order valence-electron chi connectivity index (χ3n) is 12.5. The van der Waals surface area contributed by atoms with Crippen molar-refractivity contribution < 1.29 is 18.8 Å². The first-order valence-electron chi connectivity index (χ1n) is 28.0. The normalized spacial score (nSPS) is 14.4. The molecule has 4 heteroatoms. The summed E-state index contributed by atoms with van der Waals surface area (Å²) < 4.78 is 89.1. The van der Waals surface area contributed by atoms with Crippen molar-refractivity contribution in [3.05, 3.63) is 192 Å². The number of fused-ring (bicyclic) bond motifs is 1. The van der Waals surface area contributed by atoms with Crippen molar-refractivity contribution in [3.63, 3.8) is 0 Å². The topological polar surface area (TPSA) is 50.9 Å². The van der Waals surface area contributed by atoms with Gasteiger partial charge in [0.1, 0.15) is 11.6 Å². The summed E-state index contributed by atoms with van der Waals surface area (Å²) in [5.74, 6) is 0.787. The molecule has 67 heavy (non-hydrogen) atoms. The van der Waals surface area contributed by atoms with Gasteiger partial charge in [0.15, 0.2) is 0 Å². The van der Waals surface area contributed by atoms with Gasteiger partial charge in [-0.2, -0.15) is 0 Å². The zero-order valence-electron chi connectivity index (χ0n) is 50.0. The van der Waals surface area contributed by atoms with E-state index in [4.69, 9.17) is 17.3 Å². The van der Waals surface area contributed by atoms with Gasteiger partial charge in [-0.1, -0.05) is 178 Å². The molecule has 0 amide bonds. The van der Waals surface area contributed by atoms with Gasteiger partial charge in [0.05, 0.1) is 37.6 Å². The highest BCUT2D eigenvalue weighted by Crippen LogP contribution is 2.47. The molecule has 9 aromatic rings. The van der Waals surface area contributed by atoms with E-state index in [1.807, 2.05) is 78.9 Å². The van der Waals surface area contributed by atoms with Crippen LogP contribution < -0.4 is 0 Å². The standard InChI is InChI=1S/C63H63N3O/c1-39(2)52-34-47(43-21-16-13-17-22-43)35-53(40(3)4)59(52)66-57-24-18-23-51(58(57)65-61(66)54-37-50(62(6,7)8)38-55(60(54)67)63(9,10)11)48-31-46(42-19-14-12-15-20-42)32-49(33-48)56-36-45(29-30-64-56)44-27-25-41(5)26-28-44/h12-40,67H,1-11H3/i5D3,25D,26D,27D,28D,29D,30D,36D. The molecule has 4 nitrogen and oxygen atoms in total. The Morgan fingerprint density at radius 2 is 1.16 bits per heavy atom. The van der Waals surface area contributed by atoms with Gasteiger partial charge in [-0.25, -0.2) is 4.98 Å². The Labute approximate surface area is 412 Å². The van der Waals surface area contributed by atoms with Crippen LogP contribution in [0.25, 0.3) is 83.9 Å². The van der Waals surface area contributed by atoms with E-state index in [2.05, 4.69) is 121 Å². The summed E-state index contributed by atoms with van der Waals surface area (Å²) in [7, 11) is 0. The Morgan fingerprint density at radius 3 is 1.75 bits per heavy atom. The highest BCUT2D eigenvalue weighted by molar-refractivity contribution is 5.98. The summed E-state index contributed by atoms with van der Waals surface area (Å²) in [5.41, 5.74) is 10.0. The number of phenolic OH excluding ortho intramolecular Hbond substituents is 1. The fraction of sp³-hybridized carbons (Fsp3) is 0.238. The first kappa shape index (κ1) is 34.3. The molecule has 336 valence electrons. The van der Waals surface area contributed by atoms with E-state index < -0.39 is 65.8 Å². The van der Waals surface area contributed by atoms with E-state index in [0.717, 1.165) is 55.7 Å². The average Bonchev–Trinajstić information content (AvgIpc) is 3.85. The second kappa shape index (κ2) is 17.6. The predicted molar refractivity (Wildman–Crippen MR) is 283 cm³/mol. The van der Waals surface area contributed by atoms with Crippen LogP contribution in [0.1, 0.15) is 123 Å². The summed E-state index contributed by atoms with van der Waals surface area (Å²) in [5, 5.41) is 12.7. The van der Waals surface area contributed by atoms with Gasteiger partial charge in [-0.15, -0.1) is 0 Å². The molecule has 0 atom stereocenters. The number of para-hydroxylation sites is 1. The van der Waals surface area contributed by atoms with Crippen molar-refractivity contribution in [1.82, 2.24) is 14.5 Å². The van der Waals surface area contributed by atoms with Crippen LogP contribution in [0.5, 0.6) is 5.75 Å². The molecular weight excluding hydrogens is 815 g/mol. The van der Waals surface area contributed by atoms with Gasteiger partial charge in [0.2, 0.25) is 0 Å². The molecule has 0 fully saturated rings. The molecule has 0 spiro atoms. The van der Waals surface area contributed by atoms with E-state index in [1.54, 1.807) is 0 Å². The number of aromatic hydroxyl groups is 1. The zero-order valence-corrected chi connectivity index (χ0v) is 40.0. The Balaban J connectivity index is 1.40. The van der Waals surface area contributed by atoms with Gasteiger partial charge < -0.3 is 5.11 Å². The van der Waals surface area contributed by atoms with Crippen LogP contribution in [-0.2, 0) is 10.8 Å². The molecule has 0 aliphatic rings. The van der Waals surface area contributed by atoms with Crippen LogP contribution in [0.2, 0.25) is 0 Å². The van der Waals surface area contributed by atoms with Crippen LogP contribution in [0.3, 0.4) is 0 Å². The molecule has 9 rings (SSSR count). The smallest absolute Gasteiger partial charge is 0.149 e. The molecule has 0 unspecified atom stereocenters. The lowest BCUT2D eigenvalue weighted by Gasteiger charge is -2.28. The quantitative estimate of drug-likeness (QED) is 0.157. The van der Waals surface area contributed by atoms with E-state index in [-0.39, 0.29) is 34.3 Å². The van der Waals surface area contributed by atoms with Crippen molar-refractivity contribution in [2.24, 2.45) is 0 Å². The van der Waals surface area contributed by atoms with Crippen molar-refractivity contribution >= 4 is 11.0 Å². The predicted octanol–water partition coefficient (Wildman–Crippen LogP) is 17.3. The van der Waals surface area contributed by atoms with E-state index >= 15 is 0 Å². The first-order chi connectivity index (χ1) is 36.1. The monoisotopic (exact) mass is 888 g/mol. The number of rotatable bonds is 9. The molecular formula is C63H63N3O. The molecule has 0 saturated heterocycles. The first-order valence-corrected chi connectivity index (χ1v) is 23.0. The number of aromatic nitrogens is 3. The summed E-state index contributed by atoms with van der Waals surface area (Å²) in [6.07, 6.45) is -0.577. The maximum atomic E-state index is 12.7. The minimum Gasteiger partial charge on any atom is -0.507 e. The van der Waals surface area contributed by atoms with Crippen LogP contribution >= 0.6 is 0 Å². The number of nitrogens with zero attached hydrogens (tertiary/aromatic N) is 3. The van der Waals surface area contributed by atoms with Crippen LogP contribution in [-0.4, -0.2) is 19.6 Å². The number of phenols is 1. The van der Waals surface area contributed by atoms with Gasteiger partial charge >= 0.3 is 0 Å². The van der Waals surface area contributed by atoms with Crippen molar-refractivity contribution in [1.29, 1.82) is 0 Å². The fourth-order valence-corrected chi connectivity index (χ4v) is 8.90. The summed E-state index contributed by atoms with van der Waals surface area (Å²) in [4.78, 5) is 10.2. The lowest BCUT2D eigenvalue weighted by molar-refractivity contribution is 0.446. The Hall–Kier alpha value is -7.04. The fourth-order valence-electron chi connectivity index (χ4n) is 8.90. The molecule has 2 aromatic heterocycles. The number of hydrogen-bond donors (Lipinski definition) is 1. The summed E-state index contributed by atoms with van der Waals surface area (Å²) in [6.45, 7) is 18.6.